The van der Waals surface area contributed by atoms with Gasteiger partial charge in [-0.15, -0.1) is 0 Å². The van der Waals surface area contributed by atoms with Crippen LogP contribution in [0.4, 0.5) is 0 Å². The van der Waals surface area contributed by atoms with E-state index in [9.17, 15) is 0 Å². The molecule has 0 fully saturated rings. The van der Waals surface area contributed by atoms with E-state index in [1.807, 2.05) is 24.9 Å². The fraction of sp³-hybridized carbons (Fsp3) is 0.700. The number of aliphatic hydroxyl groups is 1. The molecule has 1 aromatic heterocycles. The van der Waals surface area contributed by atoms with Crippen LogP contribution < -0.4 is 5.32 Å². The Bertz CT molecular complexity index is 283. The summed E-state index contributed by atoms with van der Waals surface area (Å²) in [5, 5.41) is 16.3. The van der Waals surface area contributed by atoms with Crippen molar-refractivity contribution < 1.29 is 5.11 Å². The second-order valence-corrected chi connectivity index (χ2v) is 3.71. The second kappa shape index (κ2) is 5.12. The van der Waals surface area contributed by atoms with E-state index in [2.05, 4.69) is 17.3 Å². The second-order valence-electron chi connectivity index (χ2n) is 3.71. The largest absolute Gasteiger partial charge is 0.396 e. The van der Waals surface area contributed by atoms with E-state index in [4.69, 9.17) is 5.11 Å². The highest BCUT2D eigenvalue weighted by molar-refractivity contribution is 5.14. The lowest BCUT2D eigenvalue weighted by Crippen LogP contribution is -2.26. The predicted octanol–water partition coefficient (Wildman–Crippen LogP) is 0.589. The summed E-state index contributed by atoms with van der Waals surface area (Å²) in [5.74, 6) is 0. The van der Waals surface area contributed by atoms with Crippen molar-refractivity contribution in [2.45, 2.75) is 32.9 Å². The van der Waals surface area contributed by atoms with Crippen LogP contribution in [0.3, 0.4) is 0 Å². The van der Waals surface area contributed by atoms with Crippen LogP contribution in [0.15, 0.2) is 6.20 Å². The van der Waals surface area contributed by atoms with E-state index < -0.39 is 0 Å². The number of hydrogen-bond donors (Lipinski definition) is 2. The van der Waals surface area contributed by atoms with Crippen LogP contribution in [0.25, 0.3) is 0 Å². The van der Waals surface area contributed by atoms with Gasteiger partial charge < -0.3 is 10.4 Å². The Morgan fingerprint density at radius 2 is 2.36 bits per heavy atom. The maximum atomic E-state index is 8.74. The molecular formula is C10H19N3O. The Balaban J connectivity index is 2.41. The zero-order valence-corrected chi connectivity index (χ0v) is 9.12. The Labute approximate surface area is 84.9 Å². The third-order valence-corrected chi connectivity index (χ3v) is 2.32. The van der Waals surface area contributed by atoms with Gasteiger partial charge in [0.25, 0.3) is 0 Å². The molecule has 1 heterocycles. The molecule has 2 N–H and O–H groups in total. The maximum absolute atomic E-state index is 8.74. The molecule has 0 aliphatic heterocycles. The topological polar surface area (TPSA) is 50.1 Å². The summed E-state index contributed by atoms with van der Waals surface area (Å²) in [6.07, 6.45) is 2.81. The predicted molar refractivity (Wildman–Crippen MR) is 55.9 cm³/mol. The van der Waals surface area contributed by atoms with E-state index in [1.54, 1.807) is 0 Å². The third-order valence-electron chi connectivity index (χ3n) is 2.32. The van der Waals surface area contributed by atoms with Crippen LogP contribution >= 0.6 is 0 Å². The smallest absolute Gasteiger partial charge is 0.0638 e. The summed E-state index contributed by atoms with van der Waals surface area (Å²) in [4.78, 5) is 0. The lowest BCUT2D eigenvalue weighted by molar-refractivity contribution is 0.268. The Kier molecular flexibility index (Phi) is 4.10. The first-order valence-electron chi connectivity index (χ1n) is 4.97. The fourth-order valence-corrected chi connectivity index (χ4v) is 1.40. The highest BCUT2D eigenvalue weighted by Crippen LogP contribution is 2.04. The molecule has 14 heavy (non-hydrogen) atoms. The average Bonchev–Trinajstić information content (AvgIpc) is 2.42. The van der Waals surface area contributed by atoms with Crippen LogP contribution in [-0.4, -0.2) is 27.5 Å². The standard InChI is InChI=1S/C10H19N3O/c1-8(4-5-14)11-6-10-7-13(3)12-9(10)2/h7-8,11,14H,4-6H2,1-3H3/t8-/m1/s1. The van der Waals surface area contributed by atoms with Crippen molar-refractivity contribution in [2.24, 2.45) is 7.05 Å². The summed E-state index contributed by atoms with van der Waals surface area (Å²) >= 11 is 0. The first-order valence-corrected chi connectivity index (χ1v) is 4.97. The van der Waals surface area contributed by atoms with Gasteiger partial charge in [-0.05, 0) is 20.3 Å². The average molecular weight is 197 g/mol. The van der Waals surface area contributed by atoms with Crippen LogP contribution in [-0.2, 0) is 13.6 Å². The van der Waals surface area contributed by atoms with Crippen LogP contribution in [0.5, 0.6) is 0 Å². The Hall–Kier alpha value is -0.870. The van der Waals surface area contributed by atoms with E-state index in [1.165, 1.54) is 5.56 Å². The number of aryl methyl sites for hydroxylation is 2. The number of nitrogens with one attached hydrogen (secondary N) is 1. The van der Waals surface area contributed by atoms with Crippen LogP contribution in [0, 0.1) is 6.92 Å². The molecule has 0 radical (unpaired) electrons. The molecule has 4 nitrogen and oxygen atoms in total. The highest BCUT2D eigenvalue weighted by Gasteiger charge is 2.04. The van der Waals surface area contributed by atoms with Gasteiger partial charge in [-0.1, -0.05) is 0 Å². The molecule has 4 heteroatoms. The van der Waals surface area contributed by atoms with Gasteiger partial charge >= 0.3 is 0 Å². The zero-order chi connectivity index (χ0) is 10.6. The van der Waals surface area contributed by atoms with Crippen molar-refractivity contribution in [3.8, 4) is 0 Å². The molecular weight excluding hydrogens is 178 g/mol. The van der Waals surface area contributed by atoms with E-state index in [-0.39, 0.29) is 6.61 Å². The van der Waals surface area contributed by atoms with Crippen molar-refractivity contribution >= 4 is 0 Å². The first kappa shape index (κ1) is 11.2. The number of hydrogen-bond acceptors (Lipinski definition) is 3. The fourth-order valence-electron chi connectivity index (χ4n) is 1.40. The van der Waals surface area contributed by atoms with Gasteiger partial charge in [0.1, 0.15) is 0 Å². The normalized spacial score (nSPS) is 13.1. The van der Waals surface area contributed by atoms with Gasteiger partial charge in [0.2, 0.25) is 0 Å². The van der Waals surface area contributed by atoms with Crippen molar-refractivity contribution in [3.63, 3.8) is 0 Å². The number of nitrogens with zero attached hydrogens (tertiary/aromatic N) is 2. The lowest BCUT2D eigenvalue weighted by Gasteiger charge is -2.11. The van der Waals surface area contributed by atoms with Gasteiger partial charge in [-0.3, -0.25) is 4.68 Å². The molecule has 0 bridgehead atoms. The summed E-state index contributed by atoms with van der Waals surface area (Å²) in [5.41, 5.74) is 2.29. The molecule has 80 valence electrons. The molecule has 0 aliphatic carbocycles. The summed E-state index contributed by atoms with van der Waals surface area (Å²) in [6, 6.07) is 0.347. The van der Waals surface area contributed by atoms with E-state index >= 15 is 0 Å². The molecule has 0 spiro atoms. The van der Waals surface area contributed by atoms with Gasteiger partial charge in [-0.25, -0.2) is 0 Å². The van der Waals surface area contributed by atoms with E-state index in [0.29, 0.717) is 6.04 Å². The zero-order valence-electron chi connectivity index (χ0n) is 9.12. The molecule has 0 unspecified atom stereocenters. The van der Waals surface area contributed by atoms with Gasteiger partial charge in [0, 0.05) is 38.0 Å². The minimum atomic E-state index is 0.236. The molecule has 0 aliphatic rings. The maximum Gasteiger partial charge on any atom is 0.0638 e. The van der Waals surface area contributed by atoms with Gasteiger partial charge in [-0.2, -0.15) is 5.10 Å². The van der Waals surface area contributed by atoms with Crippen LogP contribution in [0.1, 0.15) is 24.6 Å². The quantitative estimate of drug-likeness (QED) is 0.726. The number of rotatable bonds is 5. The Morgan fingerprint density at radius 1 is 1.64 bits per heavy atom. The number of aromatic nitrogens is 2. The third kappa shape index (κ3) is 3.12. The molecule has 0 saturated heterocycles. The Morgan fingerprint density at radius 3 is 2.86 bits per heavy atom. The van der Waals surface area contributed by atoms with Crippen molar-refractivity contribution in [1.29, 1.82) is 0 Å². The summed E-state index contributed by atoms with van der Waals surface area (Å²) in [6.45, 7) is 5.14. The minimum absolute atomic E-state index is 0.236. The van der Waals surface area contributed by atoms with Crippen molar-refractivity contribution in [2.75, 3.05) is 6.61 Å². The van der Waals surface area contributed by atoms with Gasteiger partial charge in [0.15, 0.2) is 0 Å². The SMILES string of the molecule is Cc1nn(C)cc1CN[C@H](C)CCO. The molecule has 1 aromatic rings. The van der Waals surface area contributed by atoms with E-state index in [0.717, 1.165) is 18.7 Å². The summed E-state index contributed by atoms with van der Waals surface area (Å²) in [7, 11) is 1.92. The van der Waals surface area contributed by atoms with Crippen molar-refractivity contribution in [3.05, 3.63) is 17.5 Å². The molecule has 0 aromatic carbocycles. The van der Waals surface area contributed by atoms with Gasteiger partial charge in [0.05, 0.1) is 5.69 Å². The summed E-state index contributed by atoms with van der Waals surface area (Å²) < 4.78 is 1.82. The molecule has 1 atom stereocenters. The monoisotopic (exact) mass is 197 g/mol. The number of aliphatic hydroxyl groups excluding tert-OH is 1. The van der Waals surface area contributed by atoms with Crippen molar-refractivity contribution in [1.82, 2.24) is 15.1 Å². The first-order chi connectivity index (χ1) is 6.63. The highest BCUT2D eigenvalue weighted by atomic mass is 16.3. The lowest BCUT2D eigenvalue weighted by atomic mass is 10.2. The molecule has 0 amide bonds. The van der Waals surface area contributed by atoms with Crippen LogP contribution in [0.2, 0.25) is 0 Å². The molecule has 1 rings (SSSR count). The minimum Gasteiger partial charge on any atom is -0.396 e. The molecule has 0 saturated carbocycles.